The molecule has 0 aromatic carbocycles. The molecular weight excluding hydrogens is 122 g/mol. The lowest BCUT2D eigenvalue weighted by Crippen LogP contribution is -2.03. The molecule has 0 saturated carbocycles. The minimum atomic E-state index is 1.00. The lowest BCUT2D eigenvalue weighted by atomic mass is 10.1. The zero-order chi connectivity index (χ0) is 7.23. The van der Waals surface area contributed by atoms with Crippen LogP contribution in [0.15, 0.2) is 36.1 Å². The molecule has 1 nitrogen and oxygen atoms in total. The monoisotopic (exact) mass is 135 g/mol. The van der Waals surface area contributed by atoms with Gasteiger partial charge in [0.15, 0.2) is 0 Å². The summed E-state index contributed by atoms with van der Waals surface area (Å²) in [5.41, 5.74) is 1.35. The van der Waals surface area contributed by atoms with Gasteiger partial charge in [0.2, 0.25) is 0 Å². The van der Waals surface area contributed by atoms with Crippen molar-refractivity contribution in [2.24, 2.45) is 0 Å². The second kappa shape index (κ2) is 3.94. The Bertz CT molecular complexity index is 175. The first-order valence-electron chi connectivity index (χ1n) is 3.69. The molecule has 1 aliphatic carbocycles. The van der Waals surface area contributed by atoms with Crippen molar-refractivity contribution in [1.29, 1.82) is 0 Å². The standard InChI is InChI=1S/C9H13N/c1-2-10-8-9-6-4-3-5-7-9/h3-6,8,10H,2,7H2,1H3/b9-8+. The van der Waals surface area contributed by atoms with Crippen molar-refractivity contribution in [3.05, 3.63) is 36.1 Å². The molecule has 0 aromatic heterocycles. The van der Waals surface area contributed by atoms with Gasteiger partial charge in [-0.15, -0.1) is 0 Å². The van der Waals surface area contributed by atoms with Gasteiger partial charge in [-0.2, -0.15) is 0 Å². The second-order valence-corrected chi connectivity index (χ2v) is 2.27. The van der Waals surface area contributed by atoms with E-state index in [0.717, 1.165) is 13.0 Å². The van der Waals surface area contributed by atoms with Crippen molar-refractivity contribution in [1.82, 2.24) is 5.32 Å². The maximum absolute atomic E-state index is 3.17. The highest BCUT2D eigenvalue weighted by Crippen LogP contribution is 2.07. The van der Waals surface area contributed by atoms with Crippen LogP contribution in [0.5, 0.6) is 0 Å². The van der Waals surface area contributed by atoms with Crippen molar-refractivity contribution in [2.45, 2.75) is 13.3 Å². The number of nitrogens with one attached hydrogen (secondary N) is 1. The van der Waals surface area contributed by atoms with E-state index in [1.165, 1.54) is 5.57 Å². The zero-order valence-electron chi connectivity index (χ0n) is 6.30. The quantitative estimate of drug-likeness (QED) is 0.610. The topological polar surface area (TPSA) is 12.0 Å². The molecule has 0 spiro atoms. The smallest absolute Gasteiger partial charge is 0.0113 e. The van der Waals surface area contributed by atoms with Crippen LogP contribution in [0, 0.1) is 0 Å². The van der Waals surface area contributed by atoms with Crippen LogP contribution in [0.25, 0.3) is 0 Å². The Labute approximate surface area is 62.1 Å². The second-order valence-electron chi connectivity index (χ2n) is 2.27. The molecule has 0 saturated heterocycles. The molecule has 0 heterocycles. The molecular formula is C9H13N. The van der Waals surface area contributed by atoms with Gasteiger partial charge in [0.1, 0.15) is 0 Å². The summed E-state index contributed by atoms with van der Waals surface area (Å²) in [6, 6.07) is 0. The summed E-state index contributed by atoms with van der Waals surface area (Å²) in [5.74, 6) is 0. The van der Waals surface area contributed by atoms with Crippen LogP contribution in [-0.4, -0.2) is 6.54 Å². The zero-order valence-corrected chi connectivity index (χ0v) is 6.30. The number of hydrogen-bond donors (Lipinski definition) is 1. The molecule has 1 rings (SSSR count). The Morgan fingerprint density at radius 1 is 1.60 bits per heavy atom. The maximum atomic E-state index is 3.17. The molecule has 1 aliphatic rings. The average molecular weight is 135 g/mol. The highest BCUT2D eigenvalue weighted by Gasteiger charge is 1.90. The molecule has 0 fully saturated rings. The van der Waals surface area contributed by atoms with Crippen LogP contribution in [0.2, 0.25) is 0 Å². The molecule has 0 aromatic rings. The highest BCUT2D eigenvalue weighted by molar-refractivity contribution is 5.28. The van der Waals surface area contributed by atoms with Crippen LogP contribution in [0.1, 0.15) is 13.3 Å². The molecule has 0 amide bonds. The number of hydrogen-bond acceptors (Lipinski definition) is 1. The number of allylic oxidation sites excluding steroid dienone is 5. The maximum Gasteiger partial charge on any atom is 0.0113 e. The van der Waals surface area contributed by atoms with Crippen LogP contribution >= 0.6 is 0 Å². The lowest BCUT2D eigenvalue weighted by molar-refractivity contribution is 0.906. The third-order valence-electron chi connectivity index (χ3n) is 1.40. The van der Waals surface area contributed by atoms with Gasteiger partial charge in [0.05, 0.1) is 0 Å². The van der Waals surface area contributed by atoms with Crippen molar-refractivity contribution in [3.63, 3.8) is 0 Å². The minimum absolute atomic E-state index is 1.00. The molecule has 1 N–H and O–H groups in total. The Kier molecular flexibility index (Phi) is 2.81. The molecule has 1 heteroatoms. The van der Waals surface area contributed by atoms with Crippen LogP contribution in [-0.2, 0) is 0 Å². The van der Waals surface area contributed by atoms with Crippen molar-refractivity contribution < 1.29 is 0 Å². The van der Waals surface area contributed by atoms with E-state index >= 15 is 0 Å². The summed E-state index contributed by atoms with van der Waals surface area (Å²) in [5, 5.41) is 3.17. The summed E-state index contributed by atoms with van der Waals surface area (Å²) < 4.78 is 0. The fourth-order valence-corrected chi connectivity index (χ4v) is 0.870. The summed E-state index contributed by atoms with van der Waals surface area (Å²) in [6.07, 6.45) is 11.5. The normalized spacial score (nSPS) is 19.9. The summed E-state index contributed by atoms with van der Waals surface area (Å²) >= 11 is 0. The fraction of sp³-hybridized carbons (Fsp3) is 0.333. The molecule has 0 unspecified atom stereocenters. The van der Waals surface area contributed by atoms with Gasteiger partial charge in [0, 0.05) is 6.54 Å². The summed E-state index contributed by atoms with van der Waals surface area (Å²) in [6.45, 7) is 3.10. The van der Waals surface area contributed by atoms with Crippen molar-refractivity contribution in [2.75, 3.05) is 6.54 Å². The van der Waals surface area contributed by atoms with E-state index in [9.17, 15) is 0 Å². The van der Waals surface area contributed by atoms with Crippen LogP contribution in [0.3, 0.4) is 0 Å². The average Bonchev–Trinajstić information content (AvgIpc) is 2.03. The molecule has 0 bridgehead atoms. The van der Waals surface area contributed by atoms with Gasteiger partial charge in [-0.1, -0.05) is 24.3 Å². The van der Waals surface area contributed by atoms with Crippen molar-refractivity contribution >= 4 is 0 Å². The predicted molar refractivity (Wildman–Crippen MR) is 44.7 cm³/mol. The van der Waals surface area contributed by atoms with E-state index < -0.39 is 0 Å². The van der Waals surface area contributed by atoms with Gasteiger partial charge in [-0.25, -0.2) is 0 Å². The lowest BCUT2D eigenvalue weighted by Gasteiger charge is -2.01. The van der Waals surface area contributed by atoms with E-state index in [1.54, 1.807) is 0 Å². The molecule has 0 radical (unpaired) electrons. The third-order valence-corrected chi connectivity index (χ3v) is 1.40. The van der Waals surface area contributed by atoms with Crippen molar-refractivity contribution in [3.8, 4) is 0 Å². The van der Waals surface area contributed by atoms with Crippen LogP contribution < -0.4 is 5.32 Å². The van der Waals surface area contributed by atoms with Crippen LogP contribution in [0.4, 0.5) is 0 Å². The fourth-order valence-electron chi connectivity index (χ4n) is 0.870. The van der Waals surface area contributed by atoms with E-state index in [-0.39, 0.29) is 0 Å². The van der Waals surface area contributed by atoms with E-state index in [0.29, 0.717) is 0 Å². The Morgan fingerprint density at radius 3 is 3.10 bits per heavy atom. The summed E-state index contributed by atoms with van der Waals surface area (Å²) in [4.78, 5) is 0. The van der Waals surface area contributed by atoms with Gasteiger partial charge in [-0.05, 0) is 25.1 Å². The van der Waals surface area contributed by atoms with E-state index in [4.69, 9.17) is 0 Å². The van der Waals surface area contributed by atoms with E-state index in [1.807, 2.05) is 0 Å². The molecule has 0 atom stereocenters. The molecule has 54 valence electrons. The predicted octanol–water partition coefficient (Wildman–Crippen LogP) is 2.00. The Morgan fingerprint density at radius 2 is 2.50 bits per heavy atom. The molecule has 10 heavy (non-hydrogen) atoms. The highest BCUT2D eigenvalue weighted by atomic mass is 14.8. The third kappa shape index (κ3) is 2.09. The van der Waals surface area contributed by atoms with Gasteiger partial charge < -0.3 is 5.32 Å². The van der Waals surface area contributed by atoms with E-state index in [2.05, 4.69) is 42.7 Å². The Balaban J connectivity index is 2.42. The summed E-state index contributed by atoms with van der Waals surface area (Å²) in [7, 11) is 0. The first-order chi connectivity index (χ1) is 4.93. The first-order valence-corrected chi connectivity index (χ1v) is 3.69. The minimum Gasteiger partial charge on any atom is -0.391 e. The van der Waals surface area contributed by atoms with Gasteiger partial charge in [-0.3, -0.25) is 0 Å². The number of rotatable bonds is 2. The van der Waals surface area contributed by atoms with Gasteiger partial charge >= 0.3 is 0 Å². The molecule has 0 aliphatic heterocycles. The van der Waals surface area contributed by atoms with Gasteiger partial charge in [0.25, 0.3) is 0 Å². The first kappa shape index (κ1) is 7.13. The SMILES string of the molecule is CCN/C=C1\C=CC=CC1. The largest absolute Gasteiger partial charge is 0.391 e. The Hall–Kier alpha value is -0.980.